The average molecular weight is 538 g/mol. The number of carbonyl (C=O) groups excluding carboxylic acids is 1. The number of aliphatic imine (C=N–C) groups is 1. The molecule has 3 rings (SSSR count). The van der Waals surface area contributed by atoms with Crippen LogP contribution in [0.25, 0.3) is 0 Å². The zero-order valence-corrected chi connectivity index (χ0v) is 20.8. The van der Waals surface area contributed by atoms with Gasteiger partial charge in [0.05, 0.1) is 0 Å². The Morgan fingerprint density at radius 3 is 2.60 bits per heavy atom. The number of halogens is 1. The molecule has 1 heterocycles. The molecule has 1 atom stereocenters. The number of guanidine groups is 1. The van der Waals surface area contributed by atoms with Gasteiger partial charge in [0, 0.05) is 49.8 Å². The molecule has 0 radical (unpaired) electrons. The Labute approximate surface area is 201 Å². The molecule has 2 aromatic carbocycles. The second-order valence-corrected chi connectivity index (χ2v) is 8.80. The molecule has 1 unspecified atom stereocenters. The second-order valence-electron chi connectivity index (χ2n) is 7.29. The van der Waals surface area contributed by atoms with Crippen LogP contribution in [0.3, 0.4) is 0 Å². The van der Waals surface area contributed by atoms with Crippen molar-refractivity contribution in [2.75, 3.05) is 20.1 Å². The fourth-order valence-electron chi connectivity index (χ4n) is 3.35. The Balaban J connectivity index is 0.00000320. The number of rotatable bonds is 8. The van der Waals surface area contributed by atoms with Crippen molar-refractivity contribution in [3.8, 4) is 0 Å². The third-order valence-corrected chi connectivity index (χ3v) is 5.97. The van der Waals surface area contributed by atoms with Gasteiger partial charge in [-0.05, 0) is 29.7 Å². The predicted molar refractivity (Wildman–Crippen MR) is 136 cm³/mol. The lowest BCUT2D eigenvalue weighted by Crippen LogP contribution is -2.39. The van der Waals surface area contributed by atoms with E-state index in [1.54, 1.807) is 7.05 Å². The van der Waals surface area contributed by atoms with Crippen molar-refractivity contribution in [2.24, 2.45) is 4.99 Å². The lowest BCUT2D eigenvalue weighted by Gasteiger charge is -2.17. The second kappa shape index (κ2) is 12.8. The molecule has 162 valence electrons. The monoisotopic (exact) mass is 538 g/mol. The van der Waals surface area contributed by atoms with Gasteiger partial charge >= 0.3 is 0 Å². The van der Waals surface area contributed by atoms with Crippen molar-refractivity contribution in [1.29, 1.82) is 0 Å². The van der Waals surface area contributed by atoms with Crippen LogP contribution in [-0.4, -0.2) is 42.2 Å². The smallest absolute Gasteiger partial charge is 0.222 e. The molecule has 0 aromatic heterocycles. The first kappa shape index (κ1) is 24.5. The van der Waals surface area contributed by atoms with Crippen LogP contribution in [0.15, 0.2) is 64.5 Å². The number of amides is 1. The van der Waals surface area contributed by atoms with E-state index in [9.17, 15) is 4.79 Å². The lowest BCUT2D eigenvalue weighted by molar-refractivity contribution is -0.128. The highest BCUT2D eigenvalue weighted by Gasteiger charge is 2.19. The maximum atomic E-state index is 11.8. The predicted octanol–water partition coefficient (Wildman–Crippen LogP) is 4.27. The van der Waals surface area contributed by atoms with Gasteiger partial charge in [-0.3, -0.25) is 9.79 Å². The summed E-state index contributed by atoms with van der Waals surface area (Å²) in [5, 5.41) is 7.22. The largest absolute Gasteiger partial charge is 0.355 e. The number of nitrogens with one attached hydrogen (secondary N) is 2. The van der Waals surface area contributed by atoms with Gasteiger partial charge in [-0.2, -0.15) is 0 Å². The van der Waals surface area contributed by atoms with Crippen molar-refractivity contribution in [2.45, 2.75) is 43.0 Å². The van der Waals surface area contributed by atoms with Crippen molar-refractivity contribution < 1.29 is 4.79 Å². The maximum absolute atomic E-state index is 11.8. The van der Waals surface area contributed by atoms with E-state index < -0.39 is 0 Å². The van der Waals surface area contributed by atoms with Crippen molar-refractivity contribution >= 4 is 47.6 Å². The number of benzene rings is 2. The summed E-state index contributed by atoms with van der Waals surface area (Å²) in [4.78, 5) is 19.4. The highest BCUT2D eigenvalue weighted by molar-refractivity contribution is 14.0. The Kier molecular flexibility index (Phi) is 10.5. The Morgan fingerprint density at radius 2 is 1.90 bits per heavy atom. The van der Waals surface area contributed by atoms with Crippen LogP contribution in [-0.2, 0) is 17.9 Å². The molecule has 2 aromatic rings. The molecule has 0 saturated carbocycles. The number of nitrogens with zero attached hydrogens (tertiary/aromatic N) is 2. The summed E-state index contributed by atoms with van der Waals surface area (Å²) < 4.78 is 0. The van der Waals surface area contributed by atoms with Crippen LogP contribution >= 0.6 is 35.7 Å². The molecule has 2 N–H and O–H groups in total. The third kappa shape index (κ3) is 7.83. The van der Waals surface area contributed by atoms with E-state index in [-0.39, 0.29) is 29.9 Å². The van der Waals surface area contributed by atoms with Crippen LogP contribution in [0.5, 0.6) is 0 Å². The standard InChI is InChI=1S/C23H30N4OS.HI/c1-18(29-21-10-4-3-5-11-21)15-25-23(24-2)26-16-19-8-6-9-20(14-19)17-27-13-7-12-22(27)28;/h3-6,8-11,14,18H,7,12-13,15-17H2,1-2H3,(H2,24,25,26);1H. The number of carbonyl (C=O) groups is 1. The summed E-state index contributed by atoms with van der Waals surface area (Å²) in [7, 11) is 1.79. The number of thioether (sulfide) groups is 1. The highest BCUT2D eigenvalue weighted by Crippen LogP contribution is 2.21. The average Bonchev–Trinajstić information content (AvgIpc) is 3.13. The Hall–Kier alpha value is -1.74. The minimum atomic E-state index is 0. The van der Waals surface area contributed by atoms with Crippen molar-refractivity contribution in [3.05, 3.63) is 65.7 Å². The molecule has 1 fully saturated rings. The van der Waals surface area contributed by atoms with Crippen LogP contribution in [0.2, 0.25) is 0 Å². The summed E-state index contributed by atoms with van der Waals surface area (Å²) in [6.07, 6.45) is 1.66. The van der Waals surface area contributed by atoms with E-state index in [2.05, 4.69) is 71.1 Å². The number of hydrogen-bond acceptors (Lipinski definition) is 3. The molecule has 30 heavy (non-hydrogen) atoms. The van der Waals surface area contributed by atoms with E-state index in [0.29, 0.717) is 24.8 Å². The summed E-state index contributed by atoms with van der Waals surface area (Å²) in [5.41, 5.74) is 2.36. The minimum Gasteiger partial charge on any atom is -0.355 e. The van der Waals surface area contributed by atoms with E-state index in [0.717, 1.165) is 25.5 Å². The third-order valence-electron chi connectivity index (χ3n) is 4.86. The molecule has 1 saturated heterocycles. The summed E-state index contributed by atoms with van der Waals surface area (Å²) in [6.45, 7) is 5.31. The van der Waals surface area contributed by atoms with Crippen LogP contribution in [0.4, 0.5) is 0 Å². The molecular weight excluding hydrogens is 507 g/mol. The summed E-state index contributed by atoms with van der Waals surface area (Å²) in [5.74, 6) is 1.06. The minimum absolute atomic E-state index is 0. The van der Waals surface area contributed by atoms with Gasteiger partial charge < -0.3 is 15.5 Å². The number of likely N-dealkylation sites (tertiary alicyclic amines) is 1. The first-order valence-corrected chi connectivity index (χ1v) is 11.0. The van der Waals surface area contributed by atoms with E-state index in [4.69, 9.17) is 0 Å². The van der Waals surface area contributed by atoms with Crippen LogP contribution in [0, 0.1) is 0 Å². The quantitative estimate of drug-likeness (QED) is 0.228. The topological polar surface area (TPSA) is 56.7 Å². The molecule has 0 spiro atoms. The van der Waals surface area contributed by atoms with Gasteiger partial charge in [-0.1, -0.05) is 49.4 Å². The summed E-state index contributed by atoms with van der Waals surface area (Å²) in [6, 6.07) is 18.9. The first-order valence-electron chi connectivity index (χ1n) is 10.2. The van der Waals surface area contributed by atoms with E-state index in [1.807, 2.05) is 22.7 Å². The lowest BCUT2D eigenvalue weighted by atomic mass is 10.1. The van der Waals surface area contributed by atoms with Crippen LogP contribution < -0.4 is 10.6 Å². The Morgan fingerprint density at radius 1 is 1.13 bits per heavy atom. The summed E-state index contributed by atoms with van der Waals surface area (Å²) >= 11 is 1.85. The molecule has 1 aliphatic rings. The Bertz CT molecular complexity index is 831. The van der Waals surface area contributed by atoms with Gasteiger partial charge in [0.25, 0.3) is 0 Å². The molecule has 7 heteroatoms. The highest BCUT2D eigenvalue weighted by atomic mass is 127. The fourth-order valence-corrected chi connectivity index (χ4v) is 4.29. The zero-order valence-electron chi connectivity index (χ0n) is 17.6. The number of hydrogen-bond donors (Lipinski definition) is 2. The maximum Gasteiger partial charge on any atom is 0.222 e. The zero-order chi connectivity index (χ0) is 20.5. The van der Waals surface area contributed by atoms with Gasteiger partial charge in [0.2, 0.25) is 5.91 Å². The molecule has 5 nitrogen and oxygen atoms in total. The SMILES string of the molecule is CN=C(NCc1cccc(CN2CCCC2=O)c1)NCC(C)Sc1ccccc1.I. The van der Waals surface area contributed by atoms with Crippen molar-refractivity contribution in [1.82, 2.24) is 15.5 Å². The molecule has 1 aliphatic heterocycles. The fraction of sp³-hybridized carbons (Fsp3) is 0.391. The molecular formula is C23H31IN4OS. The first-order chi connectivity index (χ1) is 14.1. The van der Waals surface area contributed by atoms with Gasteiger partial charge in [-0.25, -0.2) is 0 Å². The molecule has 0 bridgehead atoms. The van der Waals surface area contributed by atoms with E-state index in [1.165, 1.54) is 16.0 Å². The van der Waals surface area contributed by atoms with Crippen LogP contribution in [0.1, 0.15) is 30.9 Å². The normalized spacial score (nSPS) is 14.9. The van der Waals surface area contributed by atoms with Gasteiger partial charge in [-0.15, -0.1) is 35.7 Å². The van der Waals surface area contributed by atoms with Gasteiger partial charge in [0.15, 0.2) is 5.96 Å². The van der Waals surface area contributed by atoms with E-state index >= 15 is 0 Å². The molecule has 0 aliphatic carbocycles. The molecule has 1 amide bonds. The van der Waals surface area contributed by atoms with Crippen molar-refractivity contribution in [3.63, 3.8) is 0 Å². The van der Waals surface area contributed by atoms with Gasteiger partial charge in [0.1, 0.15) is 0 Å².